The summed E-state index contributed by atoms with van der Waals surface area (Å²) in [6, 6.07) is 3.65. The molecule has 0 unspecified atom stereocenters. The van der Waals surface area contributed by atoms with Gasteiger partial charge in [0.2, 0.25) is 0 Å². The summed E-state index contributed by atoms with van der Waals surface area (Å²) in [6.07, 6.45) is 0. The SMILES string of the molecule is CCN(CCCl)Cc1ccc(F)cc1F. The summed E-state index contributed by atoms with van der Waals surface area (Å²) in [5, 5.41) is 0. The van der Waals surface area contributed by atoms with Gasteiger partial charge in [-0.2, -0.15) is 0 Å². The van der Waals surface area contributed by atoms with Gasteiger partial charge in [0.25, 0.3) is 0 Å². The lowest BCUT2D eigenvalue weighted by Crippen LogP contribution is -2.25. The number of rotatable bonds is 5. The zero-order valence-corrected chi connectivity index (χ0v) is 9.40. The van der Waals surface area contributed by atoms with Gasteiger partial charge in [0, 0.05) is 30.6 Å². The predicted octanol–water partition coefficient (Wildman–Crippen LogP) is 3.03. The zero-order valence-electron chi connectivity index (χ0n) is 8.64. The van der Waals surface area contributed by atoms with Crippen molar-refractivity contribution in [2.24, 2.45) is 0 Å². The van der Waals surface area contributed by atoms with Crippen LogP contribution in [0.25, 0.3) is 0 Å². The van der Waals surface area contributed by atoms with Gasteiger partial charge in [0.15, 0.2) is 0 Å². The molecule has 0 bridgehead atoms. The Morgan fingerprint density at radius 1 is 1.33 bits per heavy atom. The Morgan fingerprint density at radius 3 is 2.60 bits per heavy atom. The van der Waals surface area contributed by atoms with Crippen molar-refractivity contribution in [1.29, 1.82) is 0 Å². The smallest absolute Gasteiger partial charge is 0.130 e. The van der Waals surface area contributed by atoms with Gasteiger partial charge in [0.1, 0.15) is 11.6 Å². The zero-order chi connectivity index (χ0) is 11.3. The Balaban J connectivity index is 2.70. The van der Waals surface area contributed by atoms with E-state index >= 15 is 0 Å². The molecule has 0 aliphatic carbocycles. The molecule has 0 aromatic heterocycles. The molecule has 0 spiro atoms. The van der Waals surface area contributed by atoms with Crippen molar-refractivity contribution in [2.75, 3.05) is 19.0 Å². The molecule has 0 radical (unpaired) electrons. The summed E-state index contributed by atoms with van der Waals surface area (Å²) in [7, 11) is 0. The largest absolute Gasteiger partial charge is 0.298 e. The van der Waals surface area contributed by atoms with E-state index < -0.39 is 11.6 Å². The number of hydrogen-bond donors (Lipinski definition) is 0. The maximum atomic E-state index is 13.3. The first-order valence-electron chi connectivity index (χ1n) is 4.89. The summed E-state index contributed by atoms with van der Waals surface area (Å²) in [5.74, 6) is -0.531. The average molecular weight is 234 g/mol. The van der Waals surface area contributed by atoms with E-state index in [9.17, 15) is 8.78 Å². The molecule has 1 rings (SSSR count). The number of nitrogens with zero attached hydrogens (tertiary/aromatic N) is 1. The number of alkyl halides is 1. The van der Waals surface area contributed by atoms with Crippen LogP contribution < -0.4 is 0 Å². The Kier molecular flexibility index (Phi) is 4.99. The number of hydrogen-bond acceptors (Lipinski definition) is 1. The number of halogens is 3. The quantitative estimate of drug-likeness (QED) is 0.707. The highest BCUT2D eigenvalue weighted by Crippen LogP contribution is 2.12. The molecular formula is C11H14ClF2N. The van der Waals surface area contributed by atoms with Crippen LogP contribution in [0, 0.1) is 11.6 Å². The third-order valence-electron chi connectivity index (χ3n) is 2.26. The highest BCUT2D eigenvalue weighted by molar-refractivity contribution is 6.18. The normalized spacial score (nSPS) is 11.0. The molecule has 0 amide bonds. The van der Waals surface area contributed by atoms with Gasteiger partial charge in [0.05, 0.1) is 0 Å². The van der Waals surface area contributed by atoms with E-state index in [2.05, 4.69) is 0 Å². The highest BCUT2D eigenvalue weighted by Gasteiger charge is 2.08. The van der Waals surface area contributed by atoms with Gasteiger partial charge in [-0.25, -0.2) is 8.78 Å². The fourth-order valence-corrected chi connectivity index (χ4v) is 1.60. The van der Waals surface area contributed by atoms with Crippen LogP contribution in [-0.2, 0) is 6.54 Å². The molecule has 0 heterocycles. The van der Waals surface area contributed by atoms with Crippen molar-refractivity contribution in [3.05, 3.63) is 35.4 Å². The van der Waals surface area contributed by atoms with Crippen molar-refractivity contribution in [2.45, 2.75) is 13.5 Å². The molecule has 15 heavy (non-hydrogen) atoms. The van der Waals surface area contributed by atoms with E-state index in [1.807, 2.05) is 11.8 Å². The molecule has 0 atom stereocenters. The van der Waals surface area contributed by atoms with Crippen molar-refractivity contribution in [3.8, 4) is 0 Å². The Hall–Kier alpha value is -0.670. The van der Waals surface area contributed by atoms with Crippen molar-refractivity contribution >= 4 is 11.6 Å². The summed E-state index contributed by atoms with van der Waals surface area (Å²) in [6.45, 7) is 3.95. The van der Waals surface area contributed by atoms with Crippen LogP contribution in [0.2, 0.25) is 0 Å². The lowest BCUT2D eigenvalue weighted by Gasteiger charge is -2.19. The second-order valence-corrected chi connectivity index (χ2v) is 3.67. The molecule has 1 nitrogen and oxygen atoms in total. The molecule has 0 saturated heterocycles. The Bertz CT molecular complexity index is 317. The Morgan fingerprint density at radius 2 is 2.07 bits per heavy atom. The van der Waals surface area contributed by atoms with Gasteiger partial charge in [-0.1, -0.05) is 13.0 Å². The highest BCUT2D eigenvalue weighted by atomic mass is 35.5. The van der Waals surface area contributed by atoms with Gasteiger partial charge < -0.3 is 0 Å². The fourth-order valence-electron chi connectivity index (χ4n) is 1.36. The van der Waals surface area contributed by atoms with E-state index in [0.717, 1.165) is 12.6 Å². The molecule has 1 aromatic rings. The van der Waals surface area contributed by atoms with E-state index in [1.54, 1.807) is 0 Å². The van der Waals surface area contributed by atoms with Crippen LogP contribution in [0.4, 0.5) is 8.78 Å². The third-order valence-corrected chi connectivity index (χ3v) is 2.43. The van der Waals surface area contributed by atoms with Crippen LogP contribution in [-0.4, -0.2) is 23.9 Å². The molecule has 0 N–H and O–H groups in total. The van der Waals surface area contributed by atoms with Crippen LogP contribution in [0.15, 0.2) is 18.2 Å². The van der Waals surface area contributed by atoms with Gasteiger partial charge in [-0.15, -0.1) is 11.6 Å². The van der Waals surface area contributed by atoms with Crippen molar-refractivity contribution < 1.29 is 8.78 Å². The minimum atomic E-state index is -0.545. The monoisotopic (exact) mass is 233 g/mol. The molecule has 0 aliphatic heterocycles. The Labute approximate surface area is 93.7 Å². The first-order valence-corrected chi connectivity index (χ1v) is 5.43. The predicted molar refractivity (Wildman–Crippen MR) is 58.0 cm³/mol. The second-order valence-electron chi connectivity index (χ2n) is 3.29. The van der Waals surface area contributed by atoms with Crippen molar-refractivity contribution in [3.63, 3.8) is 0 Å². The lowest BCUT2D eigenvalue weighted by molar-refractivity contribution is 0.292. The molecule has 84 valence electrons. The summed E-state index contributed by atoms with van der Waals surface area (Å²) in [4.78, 5) is 2.00. The van der Waals surface area contributed by atoms with E-state index in [4.69, 9.17) is 11.6 Å². The fraction of sp³-hybridized carbons (Fsp3) is 0.455. The summed E-state index contributed by atoms with van der Waals surface area (Å²) < 4.78 is 25.9. The van der Waals surface area contributed by atoms with E-state index in [1.165, 1.54) is 12.1 Å². The maximum Gasteiger partial charge on any atom is 0.130 e. The molecule has 0 aliphatic rings. The van der Waals surface area contributed by atoms with Crippen LogP contribution in [0.5, 0.6) is 0 Å². The summed E-state index contributed by atoms with van der Waals surface area (Å²) in [5.41, 5.74) is 0.503. The third kappa shape index (κ3) is 3.76. The lowest BCUT2D eigenvalue weighted by atomic mass is 10.2. The average Bonchev–Trinajstić information content (AvgIpc) is 2.21. The van der Waals surface area contributed by atoms with E-state index in [-0.39, 0.29) is 0 Å². The van der Waals surface area contributed by atoms with Crippen molar-refractivity contribution in [1.82, 2.24) is 4.90 Å². The molecule has 0 saturated carbocycles. The van der Waals surface area contributed by atoms with Gasteiger partial charge >= 0.3 is 0 Å². The minimum Gasteiger partial charge on any atom is -0.298 e. The van der Waals surface area contributed by atoms with Gasteiger partial charge in [-0.3, -0.25) is 4.90 Å². The molecule has 1 aromatic carbocycles. The second kappa shape index (κ2) is 6.03. The molecule has 4 heteroatoms. The topological polar surface area (TPSA) is 3.24 Å². The molecular weight excluding hydrogens is 220 g/mol. The van der Waals surface area contributed by atoms with Gasteiger partial charge in [-0.05, 0) is 12.6 Å². The standard InChI is InChI=1S/C11H14ClF2N/c1-2-15(6-5-12)8-9-3-4-10(13)7-11(9)14/h3-4,7H,2,5-6,8H2,1H3. The summed E-state index contributed by atoms with van der Waals surface area (Å²) >= 11 is 5.61. The first-order chi connectivity index (χ1) is 7.17. The van der Waals surface area contributed by atoms with E-state index in [0.29, 0.717) is 24.5 Å². The number of benzene rings is 1. The minimum absolute atomic E-state index is 0.468. The van der Waals surface area contributed by atoms with Crippen LogP contribution >= 0.6 is 11.6 Å². The van der Waals surface area contributed by atoms with Crippen LogP contribution in [0.3, 0.4) is 0 Å². The molecule has 0 fully saturated rings. The first kappa shape index (κ1) is 12.4. The van der Waals surface area contributed by atoms with Crippen LogP contribution in [0.1, 0.15) is 12.5 Å². The maximum absolute atomic E-state index is 13.3.